The smallest absolute Gasteiger partial charge is 0.256 e. The quantitative estimate of drug-likeness (QED) is 0.645. The third-order valence-electron chi connectivity index (χ3n) is 5.91. The van der Waals surface area contributed by atoms with Gasteiger partial charge in [0.05, 0.1) is 23.9 Å². The number of hydrogen-bond donors (Lipinski definition) is 0. The van der Waals surface area contributed by atoms with Crippen molar-refractivity contribution in [3.63, 3.8) is 0 Å². The largest absolute Gasteiger partial charge is 0.485 e. The van der Waals surface area contributed by atoms with Gasteiger partial charge in [-0.1, -0.05) is 6.07 Å². The topological polar surface area (TPSA) is 73.1 Å². The van der Waals surface area contributed by atoms with Crippen LogP contribution in [0.5, 0.6) is 11.6 Å². The van der Waals surface area contributed by atoms with Crippen LogP contribution >= 0.6 is 0 Å². The monoisotopic (exact) mass is 423 g/mol. The molecule has 0 aliphatic carbocycles. The molecule has 0 saturated carbocycles. The lowest BCUT2D eigenvalue weighted by molar-refractivity contribution is -0.121. The molecule has 0 radical (unpaired) electrons. The molecular weight excluding hydrogens is 401 g/mol. The number of benzene rings is 1. The Morgan fingerprint density at radius 1 is 1.23 bits per heavy atom. The van der Waals surface area contributed by atoms with Crippen LogP contribution in [0.15, 0.2) is 42.6 Å². The summed E-state index contributed by atoms with van der Waals surface area (Å²) in [6, 6.07) is 10.4. The van der Waals surface area contributed by atoms with Crippen LogP contribution in [-0.2, 0) is 11.2 Å². The summed E-state index contributed by atoms with van der Waals surface area (Å²) < 4.78 is 27.5. The molecule has 0 unspecified atom stereocenters. The third kappa shape index (κ3) is 3.85. The molecule has 4 heterocycles. The second kappa shape index (κ2) is 8.02. The van der Waals surface area contributed by atoms with Gasteiger partial charge in [-0.15, -0.1) is 0 Å². The van der Waals surface area contributed by atoms with Crippen molar-refractivity contribution < 1.29 is 23.5 Å². The van der Waals surface area contributed by atoms with E-state index in [0.29, 0.717) is 42.8 Å². The Morgan fingerprint density at radius 3 is 2.90 bits per heavy atom. The van der Waals surface area contributed by atoms with Gasteiger partial charge >= 0.3 is 0 Å². The lowest BCUT2D eigenvalue weighted by atomic mass is 9.96. The molecule has 7 nitrogen and oxygen atoms in total. The molecule has 2 aromatic heterocycles. The number of aromatic nitrogens is 2. The predicted octanol–water partition coefficient (Wildman–Crippen LogP) is 2.91. The molecule has 0 spiro atoms. The number of fused-ring (bicyclic) bond motifs is 2. The van der Waals surface area contributed by atoms with Gasteiger partial charge in [-0.2, -0.15) is 5.10 Å². The number of ketones is 1. The van der Waals surface area contributed by atoms with Crippen LogP contribution in [0, 0.1) is 11.7 Å². The van der Waals surface area contributed by atoms with Crippen LogP contribution in [0.4, 0.5) is 4.39 Å². The van der Waals surface area contributed by atoms with Crippen LogP contribution in [0.2, 0.25) is 0 Å². The SMILES string of the molecule is O=C1COc2cc(F)c(C(=O)N3CCC(COc4cccc5ccnn45)CC3)cc2C1. The molecule has 1 fully saturated rings. The maximum Gasteiger partial charge on any atom is 0.256 e. The van der Waals surface area contributed by atoms with E-state index >= 15 is 0 Å². The van der Waals surface area contributed by atoms with Gasteiger partial charge in [-0.3, -0.25) is 9.59 Å². The van der Waals surface area contributed by atoms with E-state index in [2.05, 4.69) is 5.10 Å². The van der Waals surface area contributed by atoms with Gasteiger partial charge in [-0.05, 0) is 37.0 Å². The lowest BCUT2D eigenvalue weighted by Gasteiger charge is -2.32. The van der Waals surface area contributed by atoms with Crippen molar-refractivity contribution in [1.29, 1.82) is 0 Å². The molecule has 1 saturated heterocycles. The lowest BCUT2D eigenvalue weighted by Crippen LogP contribution is -2.40. The van der Waals surface area contributed by atoms with E-state index in [4.69, 9.17) is 9.47 Å². The molecule has 1 aromatic carbocycles. The summed E-state index contributed by atoms with van der Waals surface area (Å²) in [6.45, 7) is 1.55. The van der Waals surface area contributed by atoms with Gasteiger partial charge in [0.25, 0.3) is 5.91 Å². The van der Waals surface area contributed by atoms with Gasteiger partial charge in [0.1, 0.15) is 18.2 Å². The Hall–Kier alpha value is -3.42. The molecule has 5 rings (SSSR count). The Labute approximate surface area is 178 Å². The number of Topliss-reactive ketones (excluding diaryl/α,β-unsaturated/α-hetero) is 1. The first-order valence-corrected chi connectivity index (χ1v) is 10.4. The number of halogens is 1. The number of likely N-dealkylation sites (tertiary alicyclic amines) is 1. The third-order valence-corrected chi connectivity index (χ3v) is 5.91. The van der Waals surface area contributed by atoms with E-state index in [0.717, 1.165) is 18.4 Å². The summed E-state index contributed by atoms with van der Waals surface area (Å²) in [4.78, 5) is 26.2. The van der Waals surface area contributed by atoms with Gasteiger partial charge < -0.3 is 14.4 Å². The first kappa shape index (κ1) is 19.5. The van der Waals surface area contributed by atoms with E-state index in [-0.39, 0.29) is 30.3 Å². The average molecular weight is 423 g/mol. The zero-order valence-electron chi connectivity index (χ0n) is 16.9. The zero-order chi connectivity index (χ0) is 21.4. The summed E-state index contributed by atoms with van der Waals surface area (Å²) in [7, 11) is 0. The van der Waals surface area contributed by atoms with Gasteiger partial charge in [0.15, 0.2) is 5.78 Å². The van der Waals surface area contributed by atoms with Crippen LogP contribution in [-0.4, -0.2) is 52.5 Å². The molecule has 3 aromatic rings. The molecule has 2 aliphatic heterocycles. The van der Waals surface area contributed by atoms with Crippen molar-refractivity contribution in [3.8, 4) is 11.6 Å². The number of piperidine rings is 1. The minimum absolute atomic E-state index is 0.00268. The number of pyridine rings is 1. The second-order valence-electron chi connectivity index (χ2n) is 8.02. The van der Waals surface area contributed by atoms with Crippen molar-refractivity contribution in [2.24, 2.45) is 5.92 Å². The number of hydrogen-bond acceptors (Lipinski definition) is 5. The van der Waals surface area contributed by atoms with Gasteiger partial charge in [-0.25, -0.2) is 8.91 Å². The normalized spacial score (nSPS) is 16.8. The molecule has 0 bridgehead atoms. The minimum atomic E-state index is -0.615. The highest BCUT2D eigenvalue weighted by molar-refractivity contribution is 5.95. The van der Waals surface area contributed by atoms with Crippen molar-refractivity contribution >= 4 is 17.2 Å². The minimum Gasteiger partial charge on any atom is -0.485 e. The zero-order valence-corrected chi connectivity index (χ0v) is 16.9. The average Bonchev–Trinajstić information content (AvgIpc) is 3.27. The summed E-state index contributed by atoms with van der Waals surface area (Å²) >= 11 is 0. The van der Waals surface area contributed by atoms with E-state index in [1.807, 2.05) is 24.3 Å². The number of rotatable bonds is 4. The Balaban J connectivity index is 1.21. The van der Waals surface area contributed by atoms with Crippen LogP contribution in [0.3, 0.4) is 0 Å². The number of carbonyl (C=O) groups excluding carboxylic acids is 2. The molecule has 160 valence electrons. The molecule has 31 heavy (non-hydrogen) atoms. The number of amides is 1. The number of nitrogens with zero attached hydrogens (tertiary/aromatic N) is 3. The molecule has 0 atom stereocenters. The van der Waals surface area contributed by atoms with E-state index in [1.165, 1.54) is 12.1 Å². The Kier molecular flexibility index (Phi) is 5.05. The second-order valence-corrected chi connectivity index (χ2v) is 8.02. The van der Waals surface area contributed by atoms with Crippen molar-refractivity contribution in [1.82, 2.24) is 14.5 Å². The maximum absolute atomic E-state index is 14.5. The van der Waals surface area contributed by atoms with Crippen LogP contribution in [0.1, 0.15) is 28.8 Å². The van der Waals surface area contributed by atoms with E-state index < -0.39 is 5.82 Å². The standard InChI is InChI=1S/C23H22FN3O4/c24-20-12-21-16(10-18(28)14-30-21)11-19(20)23(29)26-8-5-15(6-9-26)13-31-22-3-1-2-17-4-7-25-27(17)22/h1-4,7,11-12,15H,5-6,8-10,13-14H2. The number of ether oxygens (including phenoxy) is 2. The molecule has 2 aliphatic rings. The Morgan fingerprint density at radius 2 is 2.06 bits per heavy atom. The molecular formula is C23H22FN3O4. The maximum atomic E-state index is 14.5. The fourth-order valence-corrected chi connectivity index (χ4v) is 4.17. The van der Waals surface area contributed by atoms with E-state index in [1.54, 1.807) is 15.6 Å². The molecule has 1 amide bonds. The first-order valence-electron chi connectivity index (χ1n) is 10.4. The summed E-state index contributed by atoms with van der Waals surface area (Å²) in [5.41, 5.74) is 1.53. The molecule has 0 N–H and O–H groups in total. The summed E-state index contributed by atoms with van der Waals surface area (Å²) in [5, 5.41) is 4.27. The van der Waals surface area contributed by atoms with E-state index in [9.17, 15) is 14.0 Å². The highest BCUT2D eigenvalue weighted by atomic mass is 19.1. The summed E-state index contributed by atoms with van der Waals surface area (Å²) in [5.74, 6) is 0.291. The van der Waals surface area contributed by atoms with Gasteiger partial charge in [0, 0.05) is 37.2 Å². The first-order chi connectivity index (χ1) is 15.1. The number of carbonyl (C=O) groups is 2. The van der Waals surface area contributed by atoms with Crippen LogP contribution < -0.4 is 9.47 Å². The Bertz CT molecular complexity index is 1150. The fraction of sp³-hybridized carbons (Fsp3) is 0.348. The highest BCUT2D eigenvalue weighted by Gasteiger charge is 2.28. The van der Waals surface area contributed by atoms with Crippen molar-refractivity contribution in [2.45, 2.75) is 19.3 Å². The predicted molar refractivity (Wildman–Crippen MR) is 110 cm³/mol. The highest BCUT2D eigenvalue weighted by Crippen LogP contribution is 2.28. The molecule has 8 heteroatoms. The van der Waals surface area contributed by atoms with Crippen molar-refractivity contribution in [2.75, 3.05) is 26.3 Å². The van der Waals surface area contributed by atoms with Gasteiger partial charge in [0.2, 0.25) is 5.88 Å². The summed E-state index contributed by atoms with van der Waals surface area (Å²) in [6.07, 6.45) is 3.44. The fourth-order valence-electron chi connectivity index (χ4n) is 4.17. The van der Waals surface area contributed by atoms with Crippen molar-refractivity contribution in [3.05, 3.63) is 59.5 Å². The van der Waals surface area contributed by atoms with Crippen LogP contribution in [0.25, 0.3) is 5.52 Å².